The SMILES string of the molecule is COC[C@@H]1CCCN(CC(=O)Nc2nncs2)C1. The molecule has 0 saturated carbocycles. The Labute approximate surface area is 110 Å². The molecule has 2 heterocycles. The lowest BCUT2D eigenvalue weighted by molar-refractivity contribution is -0.117. The molecule has 1 aliphatic heterocycles. The zero-order valence-electron chi connectivity index (χ0n) is 10.5. The number of aromatic nitrogens is 2. The number of amides is 1. The highest BCUT2D eigenvalue weighted by atomic mass is 32.1. The minimum atomic E-state index is -0.0233. The van der Waals surface area contributed by atoms with Crippen LogP contribution in [0.5, 0.6) is 0 Å². The van der Waals surface area contributed by atoms with Crippen LogP contribution in [0, 0.1) is 5.92 Å². The third-order valence-electron chi connectivity index (χ3n) is 2.98. The van der Waals surface area contributed by atoms with Crippen molar-refractivity contribution in [3.05, 3.63) is 5.51 Å². The fraction of sp³-hybridized carbons (Fsp3) is 0.727. The number of methoxy groups -OCH3 is 1. The minimum absolute atomic E-state index is 0.0233. The molecular formula is C11H18N4O2S. The topological polar surface area (TPSA) is 67.3 Å². The van der Waals surface area contributed by atoms with Gasteiger partial charge in [-0.2, -0.15) is 0 Å². The molecule has 0 unspecified atom stereocenters. The van der Waals surface area contributed by atoms with Crippen LogP contribution in [0.4, 0.5) is 5.13 Å². The number of anilines is 1. The Morgan fingerprint density at radius 2 is 2.61 bits per heavy atom. The van der Waals surface area contributed by atoms with E-state index in [2.05, 4.69) is 20.4 Å². The Kier molecular flexibility index (Phi) is 5.03. The molecule has 0 spiro atoms. The van der Waals surface area contributed by atoms with Crippen molar-refractivity contribution in [1.82, 2.24) is 15.1 Å². The molecule has 0 aliphatic carbocycles. The van der Waals surface area contributed by atoms with Gasteiger partial charge in [-0.1, -0.05) is 11.3 Å². The number of nitrogens with one attached hydrogen (secondary N) is 1. The second kappa shape index (κ2) is 6.77. The van der Waals surface area contributed by atoms with Crippen molar-refractivity contribution in [2.75, 3.05) is 38.7 Å². The Morgan fingerprint density at radius 1 is 1.72 bits per heavy atom. The van der Waals surface area contributed by atoms with Gasteiger partial charge in [0.1, 0.15) is 5.51 Å². The molecule has 7 heteroatoms. The molecule has 1 aliphatic rings. The summed E-state index contributed by atoms with van der Waals surface area (Å²) in [6, 6.07) is 0. The maximum absolute atomic E-state index is 11.8. The number of rotatable bonds is 5. The number of carbonyl (C=O) groups excluding carboxylic acids is 1. The van der Waals surface area contributed by atoms with E-state index >= 15 is 0 Å². The molecule has 0 aromatic carbocycles. The third-order valence-corrected chi connectivity index (χ3v) is 3.59. The zero-order valence-corrected chi connectivity index (χ0v) is 11.3. The van der Waals surface area contributed by atoms with Gasteiger partial charge in [0, 0.05) is 13.7 Å². The molecule has 100 valence electrons. The van der Waals surface area contributed by atoms with Crippen molar-refractivity contribution in [3.63, 3.8) is 0 Å². The second-order valence-corrected chi connectivity index (χ2v) is 5.32. The smallest absolute Gasteiger partial charge is 0.240 e. The molecule has 1 fully saturated rings. The number of carbonyl (C=O) groups is 1. The predicted molar refractivity (Wildman–Crippen MR) is 69.6 cm³/mol. The molecule has 1 aromatic heterocycles. The summed E-state index contributed by atoms with van der Waals surface area (Å²) in [5.74, 6) is 0.517. The third kappa shape index (κ3) is 4.01. The van der Waals surface area contributed by atoms with Gasteiger partial charge >= 0.3 is 0 Å². The molecule has 1 N–H and O–H groups in total. The van der Waals surface area contributed by atoms with Gasteiger partial charge in [-0.15, -0.1) is 10.2 Å². The van der Waals surface area contributed by atoms with Gasteiger partial charge in [0.2, 0.25) is 11.0 Å². The first-order chi connectivity index (χ1) is 8.78. The molecule has 1 amide bonds. The summed E-state index contributed by atoms with van der Waals surface area (Å²) in [6.07, 6.45) is 2.31. The lowest BCUT2D eigenvalue weighted by atomic mass is 9.99. The number of piperidine rings is 1. The van der Waals surface area contributed by atoms with Crippen LogP contribution in [-0.2, 0) is 9.53 Å². The molecule has 18 heavy (non-hydrogen) atoms. The van der Waals surface area contributed by atoms with Gasteiger partial charge in [-0.3, -0.25) is 15.0 Å². The van der Waals surface area contributed by atoms with Crippen molar-refractivity contribution < 1.29 is 9.53 Å². The fourth-order valence-corrected chi connectivity index (χ4v) is 2.72. The molecule has 0 radical (unpaired) electrons. The first kappa shape index (κ1) is 13.4. The van der Waals surface area contributed by atoms with E-state index in [0.717, 1.165) is 26.1 Å². The van der Waals surface area contributed by atoms with E-state index in [0.29, 0.717) is 17.6 Å². The van der Waals surface area contributed by atoms with Gasteiger partial charge < -0.3 is 4.74 Å². The highest BCUT2D eigenvalue weighted by Gasteiger charge is 2.21. The van der Waals surface area contributed by atoms with Crippen molar-refractivity contribution in [1.29, 1.82) is 0 Å². The van der Waals surface area contributed by atoms with Crippen molar-refractivity contribution in [3.8, 4) is 0 Å². The van der Waals surface area contributed by atoms with E-state index < -0.39 is 0 Å². The highest BCUT2D eigenvalue weighted by molar-refractivity contribution is 7.13. The zero-order chi connectivity index (χ0) is 12.8. The number of likely N-dealkylation sites (tertiary alicyclic amines) is 1. The molecule has 2 rings (SSSR count). The number of hydrogen-bond acceptors (Lipinski definition) is 6. The minimum Gasteiger partial charge on any atom is -0.384 e. The highest BCUT2D eigenvalue weighted by Crippen LogP contribution is 2.16. The first-order valence-electron chi connectivity index (χ1n) is 6.05. The van der Waals surface area contributed by atoms with Crippen LogP contribution in [0.15, 0.2) is 5.51 Å². The Hall–Kier alpha value is -1.05. The first-order valence-corrected chi connectivity index (χ1v) is 6.93. The van der Waals surface area contributed by atoms with Gasteiger partial charge in [0.25, 0.3) is 0 Å². The summed E-state index contributed by atoms with van der Waals surface area (Å²) in [7, 11) is 1.72. The lowest BCUT2D eigenvalue weighted by Gasteiger charge is -2.31. The van der Waals surface area contributed by atoms with E-state index in [1.54, 1.807) is 12.6 Å². The summed E-state index contributed by atoms with van der Waals surface area (Å²) in [4.78, 5) is 14.0. The number of ether oxygens (including phenoxy) is 1. The van der Waals surface area contributed by atoms with Gasteiger partial charge in [-0.25, -0.2) is 0 Å². The van der Waals surface area contributed by atoms with Crippen LogP contribution in [0.25, 0.3) is 0 Å². The monoisotopic (exact) mass is 270 g/mol. The second-order valence-electron chi connectivity index (χ2n) is 4.49. The largest absolute Gasteiger partial charge is 0.384 e. The van der Waals surface area contributed by atoms with E-state index in [9.17, 15) is 4.79 Å². The molecule has 6 nitrogen and oxygen atoms in total. The van der Waals surface area contributed by atoms with Gasteiger partial charge in [-0.05, 0) is 25.3 Å². The average molecular weight is 270 g/mol. The van der Waals surface area contributed by atoms with Crippen LogP contribution < -0.4 is 5.32 Å². The van der Waals surface area contributed by atoms with Crippen LogP contribution >= 0.6 is 11.3 Å². The van der Waals surface area contributed by atoms with Crippen molar-refractivity contribution in [2.45, 2.75) is 12.8 Å². The van der Waals surface area contributed by atoms with E-state index in [1.165, 1.54) is 17.8 Å². The molecule has 1 atom stereocenters. The summed E-state index contributed by atoms with van der Waals surface area (Å²) < 4.78 is 5.18. The fourth-order valence-electron chi connectivity index (χ4n) is 2.26. The molecule has 1 aromatic rings. The lowest BCUT2D eigenvalue weighted by Crippen LogP contribution is -2.41. The van der Waals surface area contributed by atoms with Crippen molar-refractivity contribution in [2.24, 2.45) is 5.92 Å². The average Bonchev–Trinajstić information content (AvgIpc) is 2.82. The Bertz CT molecular complexity index is 369. The maximum Gasteiger partial charge on any atom is 0.240 e. The molecular weight excluding hydrogens is 252 g/mol. The standard InChI is InChI=1S/C11H18N4O2S/c1-17-7-9-3-2-4-15(5-9)6-10(16)13-11-14-12-8-18-11/h8-9H,2-7H2,1H3,(H,13,14,16)/t9-/m1/s1. The summed E-state index contributed by atoms with van der Waals surface area (Å²) in [6.45, 7) is 3.09. The Balaban J connectivity index is 1.76. The Morgan fingerprint density at radius 3 is 3.33 bits per heavy atom. The van der Waals surface area contributed by atoms with Crippen LogP contribution in [0.2, 0.25) is 0 Å². The summed E-state index contributed by atoms with van der Waals surface area (Å²) in [5.41, 5.74) is 1.60. The summed E-state index contributed by atoms with van der Waals surface area (Å²) >= 11 is 1.33. The van der Waals surface area contributed by atoms with Gasteiger partial charge in [0.05, 0.1) is 13.2 Å². The van der Waals surface area contributed by atoms with Crippen molar-refractivity contribution >= 4 is 22.4 Å². The van der Waals surface area contributed by atoms with Crippen LogP contribution in [0.1, 0.15) is 12.8 Å². The van der Waals surface area contributed by atoms with Crippen LogP contribution in [0.3, 0.4) is 0 Å². The van der Waals surface area contributed by atoms with E-state index in [4.69, 9.17) is 4.74 Å². The van der Waals surface area contributed by atoms with E-state index in [1.807, 2.05) is 0 Å². The van der Waals surface area contributed by atoms with Gasteiger partial charge in [0.15, 0.2) is 0 Å². The maximum atomic E-state index is 11.8. The summed E-state index contributed by atoms with van der Waals surface area (Å²) in [5, 5.41) is 10.8. The predicted octanol–water partition coefficient (Wildman–Crippen LogP) is 0.835. The molecule has 1 saturated heterocycles. The molecule has 0 bridgehead atoms. The van der Waals surface area contributed by atoms with Crippen LogP contribution in [-0.4, -0.2) is 54.4 Å². The number of nitrogens with zero attached hydrogens (tertiary/aromatic N) is 3. The van der Waals surface area contributed by atoms with E-state index in [-0.39, 0.29) is 5.91 Å². The number of hydrogen-bond donors (Lipinski definition) is 1. The normalized spacial score (nSPS) is 20.8. The quantitative estimate of drug-likeness (QED) is 0.858.